The monoisotopic (exact) mass is 483 g/mol. The van der Waals surface area contributed by atoms with Crippen LogP contribution in [-0.2, 0) is 20.9 Å². The third-order valence-corrected chi connectivity index (χ3v) is 7.45. The number of pyridine rings is 1. The van der Waals surface area contributed by atoms with Crippen LogP contribution >= 0.6 is 23.1 Å². The first-order chi connectivity index (χ1) is 15.2. The minimum Gasteiger partial charge on any atom is -0.379 e. The second kappa shape index (κ2) is 9.00. The summed E-state index contributed by atoms with van der Waals surface area (Å²) >= 11 is 2.90. The summed E-state index contributed by atoms with van der Waals surface area (Å²) in [4.78, 5) is 25.7. The average Bonchev–Trinajstić information content (AvgIpc) is 3.23. The Bertz CT molecular complexity index is 1020. The highest BCUT2D eigenvalue weighted by Crippen LogP contribution is 2.47. The van der Waals surface area contributed by atoms with Crippen LogP contribution in [0.1, 0.15) is 34.4 Å². The summed E-state index contributed by atoms with van der Waals surface area (Å²) in [5.41, 5.74) is 5.03. The smallest absolute Gasteiger partial charge is 0.297 e. The van der Waals surface area contributed by atoms with Gasteiger partial charge in [-0.15, -0.1) is 11.3 Å². The first kappa shape index (κ1) is 23.0. The van der Waals surface area contributed by atoms with E-state index in [1.165, 1.54) is 36.3 Å². The Labute approximate surface area is 192 Å². The lowest BCUT2D eigenvalue weighted by Gasteiger charge is -2.44. The Morgan fingerprint density at radius 3 is 3.00 bits per heavy atom. The van der Waals surface area contributed by atoms with Crippen molar-refractivity contribution in [1.29, 1.82) is 0 Å². The maximum absolute atomic E-state index is 13.9. The van der Waals surface area contributed by atoms with Gasteiger partial charge in [-0.05, 0) is 25.5 Å². The number of carbonyl (C=O) groups is 1. The third-order valence-electron chi connectivity index (χ3n) is 5.48. The summed E-state index contributed by atoms with van der Waals surface area (Å²) in [5.74, 6) is -2.34. The normalized spacial score (nSPS) is 25.7. The van der Waals surface area contributed by atoms with E-state index < -0.39 is 24.0 Å². The predicted octanol–water partition coefficient (Wildman–Crippen LogP) is 3.21. The molecule has 2 aromatic heterocycles. The minimum atomic E-state index is -3.18. The number of nitrogens with two attached hydrogens (primary N) is 1. The highest BCUT2D eigenvalue weighted by molar-refractivity contribution is 8.13. The lowest BCUT2D eigenvalue weighted by molar-refractivity contribution is -0.0700. The summed E-state index contributed by atoms with van der Waals surface area (Å²) in [7, 11) is 1.19. The number of anilines is 1. The van der Waals surface area contributed by atoms with Gasteiger partial charge in [0, 0.05) is 35.9 Å². The number of rotatable bonds is 6. The number of amides is 1. The van der Waals surface area contributed by atoms with E-state index in [1.807, 2.05) is 6.92 Å². The second-order valence-corrected chi connectivity index (χ2v) is 9.70. The molecule has 1 fully saturated rings. The van der Waals surface area contributed by atoms with E-state index >= 15 is 0 Å². The van der Waals surface area contributed by atoms with Crippen molar-refractivity contribution in [2.24, 2.45) is 16.6 Å². The summed E-state index contributed by atoms with van der Waals surface area (Å²) in [5, 5.41) is 5.60. The van der Waals surface area contributed by atoms with Gasteiger partial charge in [-0.25, -0.2) is 9.98 Å². The predicted molar refractivity (Wildman–Crippen MR) is 119 cm³/mol. The number of thiazole rings is 1. The number of alkyl halides is 2. The molecular weight excluding hydrogens is 460 g/mol. The summed E-state index contributed by atoms with van der Waals surface area (Å²) in [6.07, 6.45) is 1.95. The number of aliphatic imine (C=N–C) groups is 1. The van der Waals surface area contributed by atoms with Crippen LogP contribution in [0.3, 0.4) is 0 Å². The Kier molecular flexibility index (Phi) is 6.48. The highest BCUT2D eigenvalue weighted by Gasteiger charge is 2.49. The molecule has 2 aliphatic rings. The summed E-state index contributed by atoms with van der Waals surface area (Å²) in [6.45, 7) is 1.64. The van der Waals surface area contributed by atoms with E-state index in [0.29, 0.717) is 17.6 Å². The molecule has 3 atom stereocenters. The van der Waals surface area contributed by atoms with E-state index in [9.17, 15) is 13.6 Å². The first-order valence-electron chi connectivity index (χ1n) is 9.94. The molecule has 1 amide bonds. The van der Waals surface area contributed by atoms with Gasteiger partial charge in [0.05, 0.1) is 12.7 Å². The van der Waals surface area contributed by atoms with Gasteiger partial charge in [-0.1, -0.05) is 11.8 Å². The topological polar surface area (TPSA) is 112 Å². The molecule has 2 aromatic rings. The number of nitrogens with one attached hydrogen (secondary N) is 1. The SMILES string of the molecule is COCC(F)(F)c1ccc(C(=O)Nc2csc([C@]34CO[C@@H](C)C[C@H]3CSC(N)=N4)n2)nc1. The van der Waals surface area contributed by atoms with E-state index in [4.69, 9.17) is 15.5 Å². The number of hydrogen-bond donors (Lipinski definition) is 2. The van der Waals surface area contributed by atoms with Gasteiger partial charge < -0.3 is 20.5 Å². The number of methoxy groups -OCH3 is 1. The molecule has 3 N–H and O–H groups in total. The Hall–Kier alpha value is -2.15. The summed E-state index contributed by atoms with van der Waals surface area (Å²) in [6, 6.07) is 2.41. The number of aromatic nitrogens is 2. The molecule has 0 bridgehead atoms. The number of ether oxygens (including phenoxy) is 2. The van der Waals surface area contributed by atoms with Crippen LogP contribution in [0, 0.1) is 5.92 Å². The van der Waals surface area contributed by atoms with Gasteiger partial charge in [0.15, 0.2) is 5.17 Å². The summed E-state index contributed by atoms with van der Waals surface area (Å²) < 4.78 is 38.2. The van der Waals surface area contributed by atoms with E-state index in [1.54, 1.807) is 5.38 Å². The number of amidine groups is 1. The largest absolute Gasteiger partial charge is 0.379 e. The van der Waals surface area contributed by atoms with E-state index in [2.05, 4.69) is 20.0 Å². The fourth-order valence-electron chi connectivity index (χ4n) is 3.80. The van der Waals surface area contributed by atoms with Crippen molar-refractivity contribution in [1.82, 2.24) is 9.97 Å². The van der Waals surface area contributed by atoms with Crippen LogP contribution in [0.25, 0.3) is 0 Å². The molecule has 0 aromatic carbocycles. The lowest BCUT2D eigenvalue weighted by Crippen LogP contribution is -2.49. The van der Waals surface area contributed by atoms with Crippen LogP contribution in [0.4, 0.5) is 14.6 Å². The van der Waals surface area contributed by atoms with Crippen molar-refractivity contribution in [3.8, 4) is 0 Å². The minimum absolute atomic E-state index is 0.00119. The average molecular weight is 484 g/mol. The Balaban J connectivity index is 1.51. The van der Waals surface area contributed by atoms with Crippen LogP contribution in [0.15, 0.2) is 28.7 Å². The molecule has 172 valence electrons. The maximum atomic E-state index is 13.9. The third kappa shape index (κ3) is 4.49. The molecule has 1 saturated heterocycles. The van der Waals surface area contributed by atoms with Crippen molar-refractivity contribution in [3.63, 3.8) is 0 Å². The van der Waals surface area contributed by atoms with Gasteiger partial charge in [-0.3, -0.25) is 9.78 Å². The number of thioether (sulfide) groups is 1. The molecule has 32 heavy (non-hydrogen) atoms. The standard InChI is InChI=1S/C20H23F2N5O3S2/c1-11-5-13-7-32-18(23)27-19(13,9-30-11)17-26-15(8-31-17)25-16(28)14-4-3-12(6-24-14)20(21,22)10-29-2/h3-4,6,8,11,13H,5,7,9-10H2,1-2H3,(H2,23,27)(H,25,28)/t11-,13-,19-/m0/s1. The Morgan fingerprint density at radius 2 is 2.28 bits per heavy atom. The zero-order valence-corrected chi connectivity index (χ0v) is 19.1. The van der Waals surface area contributed by atoms with Crippen molar-refractivity contribution < 1.29 is 23.0 Å². The van der Waals surface area contributed by atoms with Crippen molar-refractivity contribution in [2.45, 2.75) is 30.9 Å². The number of carbonyl (C=O) groups excluding carboxylic acids is 1. The van der Waals surface area contributed by atoms with Gasteiger partial charge in [0.25, 0.3) is 11.8 Å². The quantitative estimate of drug-likeness (QED) is 0.649. The zero-order valence-electron chi connectivity index (χ0n) is 17.5. The van der Waals surface area contributed by atoms with Gasteiger partial charge >= 0.3 is 0 Å². The van der Waals surface area contributed by atoms with Gasteiger partial charge in [0.1, 0.15) is 28.7 Å². The van der Waals surface area contributed by atoms with Crippen molar-refractivity contribution >= 4 is 40.0 Å². The number of fused-ring (bicyclic) bond motifs is 1. The first-order valence-corrected chi connectivity index (χ1v) is 11.8. The molecule has 8 nitrogen and oxygen atoms in total. The molecule has 0 aliphatic carbocycles. The molecule has 0 radical (unpaired) electrons. The van der Waals surface area contributed by atoms with Crippen molar-refractivity contribution in [2.75, 3.05) is 31.4 Å². The fourth-order valence-corrected chi connectivity index (χ4v) is 5.77. The molecule has 0 saturated carbocycles. The van der Waals surface area contributed by atoms with E-state index in [-0.39, 0.29) is 23.3 Å². The van der Waals surface area contributed by atoms with Crippen LogP contribution in [-0.4, -0.2) is 53.2 Å². The van der Waals surface area contributed by atoms with Crippen LogP contribution < -0.4 is 11.1 Å². The number of halogens is 2. The molecular formula is C20H23F2N5O3S2. The zero-order chi connectivity index (χ0) is 22.9. The molecule has 0 spiro atoms. The number of nitrogens with zero attached hydrogens (tertiary/aromatic N) is 3. The maximum Gasteiger partial charge on any atom is 0.297 e. The van der Waals surface area contributed by atoms with Crippen molar-refractivity contribution in [3.05, 3.63) is 40.0 Å². The molecule has 0 unspecified atom stereocenters. The lowest BCUT2D eigenvalue weighted by atomic mass is 9.80. The molecule has 2 aliphatic heterocycles. The fraction of sp³-hybridized carbons (Fsp3) is 0.500. The van der Waals surface area contributed by atoms with Crippen LogP contribution in [0.5, 0.6) is 0 Å². The molecule has 4 rings (SSSR count). The van der Waals surface area contributed by atoms with Crippen LogP contribution in [0.2, 0.25) is 0 Å². The van der Waals surface area contributed by atoms with Gasteiger partial charge in [0.2, 0.25) is 0 Å². The van der Waals surface area contributed by atoms with E-state index in [0.717, 1.165) is 29.4 Å². The second-order valence-electron chi connectivity index (χ2n) is 7.80. The van der Waals surface area contributed by atoms with Gasteiger partial charge in [-0.2, -0.15) is 8.78 Å². The Morgan fingerprint density at radius 1 is 1.47 bits per heavy atom. The highest BCUT2D eigenvalue weighted by atomic mass is 32.2. The molecule has 4 heterocycles. The molecule has 12 heteroatoms. The number of hydrogen-bond acceptors (Lipinski definition) is 9.